The molecule has 0 aromatic carbocycles. The molecule has 0 aliphatic heterocycles. The van der Waals surface area contributed by atoms with Gasteiger partial charge in [0.15, 0.2) is 0 Å². The van der Waals surface area contributed by atoms with Gasteiger partial charge in [-0.05, 0) is 12.8 Å². The number of nitrogens with two attached hydrogens (primary N) is 1. The Morgan fingerprint density at radius 1 is 1.50 bits per heavy atom. The van der Waals surface area contributed by atoms with Crippen molar-refractivity contribution in [3.63, 3.8) is 0 Å². The number of hydrogen-bond acceptors (Lipinski definition) is 3. The van der Waals surface area contributed by atoms with Crippen molar-refractivity contribution >= 4 is 0 Å². The SMILES string of the molecule is NC1CCC1n1ccnn1. The monoisotopic (exact) mass is 138 g/mol. The van der Waals surface area contributed by atoms with Gasteiger partial charge in [0, 0.05) is 12.2 Å². The maximum atomic E-state index is 5.73. The average Bonchev–Trinajstić information content (AvgIpc) is 2.37. The molecule has 1 aliphatic carbocycles. The zero-order valence-corrected chi connectivity index (χ0v) is 5.64. The molecule has 10 heavy (non-hydrogen) atoms. The van der Waals surface area contributed by atoms with Gasteiger partial charge in [-0.3, -0.25) is 0 Å². The fourth-order valence-electron chi connectivity index (χ4n) is 1.23. The van der Waals surface area contributed by atoms with Crippen molar-refractivity contribution in [3.05, 3.63) is 12.4 Å². The molecule has 0 saturated heterocycles. The summed E-state index contributed by atoms with van der Waals surface area (Å²) in [7, 11) is 0. The molecule has 0 spiro atoms. The number of nitrogens with zero attached hydrogens (tertiary/aromatic N) is 3. The molecule has 2 unspecified atom stereocenters. The summed E-state index contributed by atoms with van der Waals surface area (Å²) in [4.78, 5) is 0. The third-order valence-corrected chi connectivity index (χ3v) is 2.07. The molecule has 1 heterocycles. The lowest BCUT2D eigenvalue weighted by atomic mass is 9.87. The maximum Gasteiger partial charge on any atom is 0.0693 e. The van der Waals surface area contributed by atoms with Crippen LogP contribution in [0.2, 0.25) is 0 Å². The van der Waals surface area contributed by atoms with Crippen LogP contribution in [-0.4, -0.2) is 21.0 Å². The van der Waals surface area contributed by atoms with Crippen LogP contribution in [0.5, 0.6) is 0 Å². The van der Waals surface area contributed by atoms with Crippen LogP contribution in [0.3, 0.4) is 0 Å². The second-order valence-electron chi connectivity index (χ2n) is 2.69. The van der Waals surface area contributed by atoms with Crippen molar-refractivity contribution < 1.29 is 0 Å². The van der Waals surface area contributed by atoms with Crippen LogP contribution >= 0.6 is 0 Å². The van der Waals surface area contributed by atoms with Crippen molar-refractivity contribution in [1.82, 2.24) is 15.0 Å². The molecule has 0 amide bonds. The van der Waals surface area contributed by atoms with E-state index in [2.05, 4.69) is 10.3 Å². The van der Waals surface area contributed by atoms with Crippen LogP contribution in [0.25, 0.3) is 0 Å². The van der Waals surface area contributed by atoms with Gasteiger partial charge < -0.3 is 5.73 Å². The van der Waals surface area contributed by atoms with Gasteiger partial charge >= 0.3 is 0 Å². The van der Waals surface area contributed by atoms with E-state index in [0.717, 1.165) is 12.8 Å². The number of rotatable bonds is 1. The first kappa shape index (κ1) is 5.85. The second-order valence-corrected chi connectivity index (χ2v) is 2.69. The molecule has 2 atom stereocenters. The second kappa shape index (κ2) is 2.05. The first-order chi connectivity index (χ1) is 4.88. The number of hydrogen-bond donors (Lipinski definition) is 1. The minimum Gasteiger partial charge on any atom is -0.326 e. The normalized spacial score (nSPS) is 31.7. The molecule has 1 aromatic rings. The van der Waals surface area contributed by atoms with Gasteiger partial charge in [-0.1, -0.05) is 5.21 Å². The Labute approximate surface area is 59.0 Å². The highest BCUT2D eigenvalue weighted by atomic mass is 15.4. The van der Waals surface area contributed by atoms with Gasteiger partial charge in [-0.25, -0.2) is 4.68 Å². The van der Waals surface area contributed by atoms with Gasteiger partial charge in [-0.2, -0.15) is 0 Å². The molecule has 1 saturated carbocycles. The Balaban J connectivity index is 2.14. The smallest absolute Gasteiger partial charge is 0.0693 e. The lowest BCUT2D eigenvalue weighted by molar-refractivity contribution is 0.235. The molecule has 2 rings (SSSR count). The van der Waals surface area contributed by atoms with Crippen LogP contribution in [-0.2, 0) is 0 Å². The van der Waals surface area contributed by atoms with E-state index in [1.54, 1.807) is 6.20 Å². The maximum absolute atomic E-state index is 5.73. The zero-order chi connectivity index (χ0) is 6.97. The van der Waals surface area contributed by atoms with E-state index < -0.39 is 0 Å². The molecule has 4 heteroatoms. The first-order valence-corrected chi connectivity index (χ1v) is 3.49. The molecule has 1 aliphatic rings. The topological polar surface area (TPSA) is 56.7 Å². The summed E-state index contributed by atoms with van der Waals surface area (Å²) in [5.74, 6) is 0. The lowest BCUT2D eigenvalue weighted by Crippen LogP contribution is -2.41. The van der Waals surface area contributed by atoms with Crippen molar-refractivity contribution in [1.29, 1.82) is 0 Å². The van der Waals surface area contributed by atoms with Crippen molar-refractivity contribution in [2.45, 2.75) is 24.9 Å². The molecule has 1 aromatic heterocycles. The molecule has 0 bridgehead atoms. The summed E-state index contributed by atoms with van der Waals surface area (Å²) < 4.78 is 1.84. The Morgan fingerprint density at radius 2 is 2.40 bits per heavy atom. The van der Waals surface area contributed by atoms with Crippen LogP contribution in [0.1, 0.15) is 18.9 Å². The van der Waals surface area contributed by atoms with E-state index in [0.29, 0.717) is 12.1 Å². The number of aromatic nitrogens is 3. The van der Waals surface area contributed by atoms with Crippen LogP contribution in [0.15, 0.2) is 12.4 Å². The quantitative estimate of drug-likeness (QED) is 0.591. The molecule has 0 radical (unpaired) electrons. The average molecular weight is 138 g/mol. The van der Waals surface area contributed by atoms with Gasteiger partial charge in [0.25, 0.3) is 0 Å². The molecule has 2 N–H and O–H groups in total. The molecule has 54 valence electrons. The zero-order valence-electron chi connectivity index (χ0n) is 5.64. The van der Waals surface area contributed by atoms with Crippen molar-refractivity contribution in [3.8, 4) is 0 Å². The highest BCUT2D eigenvalue weighted by Gasteiger charge is 2.29. The Kier molecular flexibility index (Phi) is 1.20. The predicted octanol–water partition coefficient (Wildman–Crippen LogP) is -0.0597. The van der Waals surface area contributed by atoms with E-state index >= 15 is 0 Å². The van der Waals surface area contributed by atoms with Crippen molar-refractivity contribution in [2.75, 3.05) is 0 Å². The minimum absolute atomic E-state index is 0.293. The lowest BCUT2D eigenvalue weighted by Gasteiger charge is -2.32. The van der Waals surface area contributed by atoms with Crippen LogP contribution < -0.4 is 5.73 Å². The summed E-state index contributed by atoms with van der Waals surface area (Å²) in [6, 6.07) is 0.698. The summed E-state index contributed by atoms with van der Waals surface area (Å²) in [6.45, 7) is 0. The third-order valence-electron chi connectivity index (χ3n) is 2.07. The van der Waals surface area contributed by atoms with Crippen LogP contribution in [0.4, 0.5) is 0 Å². The van der Waals surface area contributed by atoms with E-state index in [-0.39, 0.29) is 0 Å². The highest BCUT2D eigenvalue weighted by molar-refractivity contribution is 4.88. The summed E-state index contributed by atoms with van der Waals surface area (Å²) in [6.07, 6.45) is 5.81. The largest absolute Gasteiger partial charge is 0.326 e. The Morgan fingerprint density at radius 3 is 2.80 bits per heavy atom. The fourth-order valence-corrected chi connectivity index (χ4v) is 1.23. The molecule has 1 fully saturated rings. The molecular weight excluding hydrogens is 128 g/mol. The Hall–Kier alpha value is -0.900. The standard InChI is InChI=1S/C6H10N4/c7-5-1-2-6(5)10-4-3-8-9-10/h3-6H,1-2,7H2. The Bertz CT molecular complexity index is 206. The van der Waals surface area contributed by atoms with E-state index in [9.17, 15) is 0 Å². The predicted molar refractivity (Wildman–Crippen MR) is 36.3 cm³/mol. The van der Waals surface area contributed by atoms with E-state index in [1.807, 2.05) is 10.9 Å². The van der Waals surface area contributed by atoms with Gasteiger partial charge in [0.1, 0.15) is 0 Å². The first-order valence-electron chi connectivity index (χ1n) is 3.49. The molecular formula is C6H10N4. The fraction of sp³-hybridized carbons (Fsp3) is 0.667. The van der Waals surface area contributed by atoms with Crippen molar-refractivity contribution in [2.24, 2.45) is 5.73 Å². The van der Waals surface area contributed by atoms with Gasteiger partial charge in [0.05, 0.1) is 12.2 Å². The highest BCUT2D eigenvalue weighted by Crippen LogP contribution is 2.28. The van der Waals surface area contributed by atoms with Gasteiger partial charge in [-0.15, -0.1) is 5.10 Å². The summed E-state index contributed by atoms with van der Waals surface area (Å²) in [5.41, 5.74) is 5.73. The minimum atomic E-state index is 0.293. The van der Waals surface area contributed by atoms with Crippen LogP contribution in [0, 0.1) is 0 Å². The summed E-state index contributed by atoms with van der Waals surface area (Å²) >= 11 is 0. The third kappa shape index (κ3) is 0.724. The van der Waals surface area contributed by atoms with E-state index in [4.69, 9.17) is 5.73 Å². The van der Waals surface area contributed by atoms with Gasteiger partial charge in [0.2, 0.25) is 0 Å². The van der Waals surface area contributed by atoms with E-state index in [1.165, 1.54) is 0 Å². The summed E-state index contributed by atoms with van der Waals surface area (Å²) in [5, 5.41) is 7.59. The molecule has 4 nitrogen and oxygen atoms in total.